The molecule has 3 heterocycles. The highest BCUT2D eigenvalue weighted by Crippen LogP contribution is 2.32. The lowest BCUT2D eigenvalue weighted by molar-refractivity contribution is 0.0305. The van der Waals surface area contributed by atoms with Gasteiger partial charge in [0.25, 0.3) is 0 Å². The minimum Gasteiger partial charge on any atom is -0.371 e. The molecule has 1 N–H and O–H groups in total. The normalized spacial score (nSPS) is 27.8. The number of aromatic nitrogens is 1. The molecule has 2 aliphatic rings. The van der Waals surface area contributed by atoms with Gasteiger partial charge >= 0.3 is 0 Å². The van der Waals surface area contributed by atoms with Crippen LogP contribution in [-0.4, -0.2) is 37.3 Å². The molecule has 2 bridgehead atoms. The van der Waals surface area contributed by atoms with Crippen LogP contribution in [0, 0.1) is 6.92 Å². The van der Waals surface area contributed by atoms with E-state index < -0.39 is 0 Å². The van der Waals surface area contributed by atoms with Gasteiger partial charge in [0.2, 0.25) is 0 Å². The van der Waals surface area contributed by atoms with Crippen LogP contribution >= 0.6 is 11.3 Å². The van der Waals surface area contributed by atoms with Gasteiger partial charge in [-0.15, -0.1) is 11.3 Å². The summed E-state index contributed by atoms with van der Waals surface area (Å²) in [6.07, 6.45) is 3.31. The second kappa shape index (κ2) is 4.55. The molecule has 5 heteroatoms. The fourth-order valence-electron chi connectivity index (χ4n) is 2.64. The summed E-state index contributed by atoms with van der Waals surface area (Å²) >= 11 is 1.82. The van der Waals surface area contributed by atoms with Crippen molar-refractivity contribution in [3.63, 3.8) is 0 Å². The van der Waals surface area contributed by atoms with Crippen LogP contribution in [0.5, 0.6) is 0 Å². The van der Waals surface area contributed by atoms with Crippen LogP contribution < -0.4 is 10.2 Å². The van der Waals surface area contributed by atoms with E-state index in [1.807, 2.05) is 18.4 Å². The molecule has 0 aromatic carbocycles. The first-order valence-corrected chi connectivity index (χ1v) is 7.09. The molecule has 0 saturated carbocycles. The molecule has 2 aliphatic heterocycles. The molecule has 0 aliphatic carbocycles. The summed E-state index contributed by atoms with van der Waals surface area (Å²) < 4.78 is 5.86. The lowest BCUT2D eigenvalue weighted by Crippen LogP contribution is -2.42. The van der Waals surface area contributed by atoms with E-state index in [-0.39, 0.29) is 0 Å². The molecule has 4 nitrogen and oxygen atoms in total. The minimum absolute atomic E-state index is 0.436. The maximum atomic E-state index is 5.86. The van der Waals surface area contributed by atoms with Gasteiger partial charge in [0, 0.05) is 24.5 Å². The molecular weight excluding hydrogens is 234 g/mol. The first-order valence-electron chi connectivity index (χ1n) is 6.27. The summed E-state index contributed by atoms with van der Waals surface area (Å²) in [5.41, 5.74) is 1.16. The fourth-order valence-corrected chi connectivity index (χ4v) is 3.73. The Hall–Kier alpha value is -0.650. The number of nitrogens with zero attached hydrogens (tertiary/aromatic N) is 2. The van der Waals surface area contributed by atoms with Crippen LogP contribution in [0.2, 0.25) is 0 Å². The second-order valence-corrected chi connectivity index (χ2v) is 5.96. The number of thiazole rings is 1. The Morgan fingerprint density at radius 3 is 2.76 bits per heavy atom. The summed E-state index contributed by atoms with van der Waals surface area (Å²) in [5, 5.41) is 4.37. The van der Waals surface area contributed by atoms with Crippen LogP contribution in [0.4, 0.5) is 5.13 Å². The molecule has 2 atom stereocenters. The summed E-state index contributed by atoms with van der Waals surface area (Å²) in [7, 11) is 1.98. The molecule has 0 spiro atoms. The van der Waals surface area contributed by atoms with Gasteiger partial charge in [0.15, 0.2) is 5.13 Å². The summed E-state index contributed by atoms with van der Waals surface area (Å²) in [5.74, 6) is 0. The first-order chi connectivity index (χ1) is 8.26. The van der Waals surface area contributed by atoms with Crippen molar-refractivity contribution in [2.24, 2.45) is 0 Å². The number of nitrogens with one attached hydrogen (secondary N) is 1. The van der Waals surface area contributed by atoms with Crippen molar-refractivity contribution in [3.05, 3.63) is 10.6 Å². The zero-order valence-corrected chi connectivity index (χ0v) is 11.2. The second-order valence-electron chi connectivity index (χ2n) is 4.90. The number of fused-ring (bicyclic) bond motifs is 2. The van der Waals surface area contributed by atoms with Gasteiger partial charge in [0.1, 0.15) is 0 Å². The number of ether oxygens (including phenoxy) is 1. The van der Waals surface area contributed by atoms with E-state index in [1.54, 1.807) is 0 Å². The average molecular weight is 253 g/mol. The monoisotopic (exact) mass is 253 g/mol. The van der Waals surface area contributed by atoms with Gasteiger partial charge < -0.3 is 15.0 Å². The Morgan fingerprint density at radius 1 is 1.41 bits per heavy atom. The first kappa shape index (κ1) is 11.4. The van der Waals surface area contributed by atoms with Crippen molar-refractivity contribution in [1.82, 2.24) is 10.3 Å². The predicted molar refractivity (Wildman–Crippen MR) is 69.7 cm³/mol. The van der Waals surface area contributed by atoms with Gasteiger partial charge in [-0.3, -0.25) is 0 Å². The van der Waals surface area contributed by atoms with E-state index >= 15 is 0 Å². The Morgan fingerprint density at radius 2 is 2.12 bits per heavy atom. The Bertz CT molecular complexity index is 394. The number of aryl methyl sites for hydroxylation is 1. The van der Waals surface area contributed by atoms with Crippen molar-refractivity contribution >= 4 is 16.5 Å². The summed E-state index contributed by atoms with van der Waals surface area (Å²) in [6, 6.07) is 0. The van der Waals surface area contributed by atoms with Crippen LogP contribution in [0.3, 0.4) is 0 Å². The van der Waals surface area contributed by atoms with E-state index in [4.69, 9.17) is 9.72 Å². The van der Waals surface area contributed by atoms with Crippen molar-refractivity contribution in [2.75, 3.05) is 25.0 Å². The van der Waals surface area contributed by atoms with E-state index in [1.165, 1.54) is 22.9 Å². The van der Waals surface area contributed by atoms with Gasteiger partial charge in [-0.2, -0.15) is 0 Å². The van der Waals surface area contributed by atoms with E-state index in [2.05, 4.69) is 17.1 Å². The molecule has 0 amide bonds. The Kier molecular flexibility index (Phi) is 3.06. The number of morpholine rings is 1. The van der Waals surface area contributed by atoms with Crippen LogP contribution in [0.25, 0.3) is 0 Å². The molecule has 2 saturated heterocycles. The summed E-state index contributed by atoms with van der Waals surface area (Å²) in [4.78, 5) is 8.45. The van der Waals surface area contributed by atoms with Crippen molar-refractivity contribution < 1.29 is 4.74 Å². The molecule has 3 rings (SSSR count). The molecule has 94 valence electrons. The molecule has 2 fully saturated rings. The third-order valence-electron chi connectivity index (χ3n) is 3.53. The van der Waals surface area contributed by atoms with Gasteiger partial charge in [0.05, 0.1) is 17.9 Å². The highest BCUT2D eigenvalue weighted by Gasteiger charge is 2.34. The zero-order chi connectivity index (χ0) is 11.8. The van der Waals surface area contributed by atoms with Gasteiger partial charge in [-0.1, -0.05) is 0 Å². The largest absolute Gasteiger partial charge is 0.371 e. The third-order valence-corrected chi connectivity index (χ3v) is 4.75. The molecular formula is C12H19N3OS. The van der Waals surface area contributed by atoms with Crippen molar-refractivity contribution in [3.8, 4) is 0 Å². The number of hydrogen-bond donors (Lipinski definition) is 1. The molecule has 17 heavy (non-hydrogen) atoms. The average Bonchev–Trinajstić information content (AvgIpc) is 2.84. The lowest BCUT2D eigenvalue weighted by atomic mass is 10.2. The van der Waals surface area contributed by atoms with E-state index in [0.717, 1.165) is 25.3 Å². The predicted octanol–water partition coefficient (Wildman–Crippen LogP) is 1.54. The molecule has 0 radical (unpaired) electrons. The maximum absolute atomic E-state index is 5.86. The molecule has 1 aromatic rings. The van der Waals surface area contributed by atoms with Crippen molar-refractivity contribution in [1.29, 1.82) is 0 Å². The van der Waals surface area contributed by atoms with Crippen LogP contribution in [0.1, 0.15) is 23.4 Å². The van der Waals surface area contributed by atoms with Crippen LogP contribution in [-0.2, 0) is 11.3 Å². The van der Waals surface area contributed by atoms with Gasteiger partial charge in [-0.05, 0) is 26.8 Å². The number of anilines is 1. The zero-order valence-electron chi connectivity index (χ0n) is 10.4. The van der Waals surface area contributed by atoms with Crippen LogP contribution in [0.15, 0.2) is 0 Å². The lowest BCUT2D eigenvalue weighted by Gasteiger charge is -2.31. The molecule has 1 aromatic heterocycles. The van der Waals surface area contributed by atoms with E-state index in [0.29, 0.717) is 12.2 Å². The third kappa shape index (κ3) is 2.19. The quantitative estimate of drug-likeness (QED) is 0.886. The summed E-state index contributed by atoms with van der Waals surface area (Å²) in [6.45, 7) is 5.05. The Labute approximate surface area is 106 Å². The minimum atomic E-state index is 0.436. The maximum Gasteiger partial charge on any atom is 0.185 e. The topological polar surface area (TPSA) is 37.4 Å². The fraction of sp³-hybridized carbons (Fsp3) is 0.750. The van der Waals surface area contributed by atoms with Gasteiger partial charge in [-0.25, -0.2) is 4.98 Å². The van der Waals surface area contributed by atoms with E-state index in [9.17, 15) is 0 Å². The highest BCUT2D eigenvalue weighted by atomic mass is 32.1. The number of hydrogen-bond acceptors (Lipinski definition) is 5. The smallest absolute Gasteiger partial charge is 0.185 e. The Balaban J connectivity index is 1.77. The SMILES string of the molecule is CNCc1sc(N2CC3CCC(C2)O3)nc1C. The molecule has 2 unspecified atom stereocenters. The highest BCUT2D eigenvalue weighted by molar-refractivity contribution is 7.15. The van der Waals surface area contributed by atoms with Crippen molar-refractivity contribution in [2.45, 2.75) is 38.5 Å². The standard InChI is InChI=1S/C12H19N3OS/c1-8-11(5-13-2)17-12(14-8)15-6-9-3-4-10(7-15)16-9/h9-10,13H,3-7H2,1-2H3. The number of rotatable bonds is 3.